The highest BCUT2D eigenvalue weighted by Gasteiger charge is 2.28. The summed E-state index contributed by atoms with van der Waals surface area (Å²) in [6.45, 7) is 18.8. The summed E-state index contributed by atoms with van der Waals surface area (Å²) in [6.07, 6.45) is 14.0. The fourth-order valence-electron chi connectivity index (χ4n) is 3.93. The third kappa shape index (κ3) is 8.23. The van der Waals surface area contributed by atoms with Crippen molar-refractivity contribution in [2.45, 2.75) is 100 Å². The fraction of sp³-hybridized carbons (Fsp3) is 0.826. The van der Waals surface area contributed by atoms with E-state index >= 15 is 0 Å². The fourth-order valence-corrected chi connectivity index (χ4v) is 3.93. The molecular formula is C23H44. The van der Waals surface area contributed by atoms with E-state index < -0.39 is 0 Å². The van der Waals surface area contributed by atoms with Crippen molar-refractivity contribution in [3.63, 3.8) is 0 Å². The van der Waals surface area contributed by atoms with E-state index in [1.807, 2.05) is 0 Å². The van der Waals surface area contributed by atoms with Gasteiger partial charge in [-0.2, -0.15) is 0 Å². The molecule has 0 radical (unpaired) electrons. The third-order valence-corrected chi connectivity index (χ3v) is 5.46. The number of rotatable bonds is 12. The van der Waals surface area contributed by atoms with Gasteiger partial charge in [-0.25, -0.2) is 0 Å². The number of allylic oxidation sites excluding steroid dienone is 4. The first-order chi connectivity index (χ1) is 10.9. The third-order valence-electron chi connectivity index (χ3n) is 5.46. The number of unbranched alkanes of at least 4 members (excludes halogenated alkanes) is 1. The van der Waals surface area contributed by atoms with Gasteiger partial charge in [0, 0.05) is 0 Å². The molecule has 0 N–H and O–H groups in total. The van der Waals surface area contributed by atoms with Crippen LogP contribution in [0.2, 0.25) is 0 Å². The molecule has 0 aliphatic rings. The maximum absolute atomic E-state index is 2.54. The van der Waals surface area contributed by atoms with Crippen LogP contribution < -0.4 is 0 Å². The summed E-state index contributed by atoms with van der Waals surface area (Å²) in [6, 6.07) is 0. The predicted molar refractivity (Wildman–Crippen MR) is 108 cm³/mol. The Labute approximate surface area is 147 Å². The second-order valence-corrected chi connectivity index (χ2v) is 7.88. The second kappa shape index (κ2) is 12.8. The molecule has 0 aromatic heterocycles. The summed E-state index contributed by atoms with van der Waals surface area (Å²) in [5.41, 5.74) is 3.22. The number of hydrogen-bond acceptors (Lipinski definition) is 0. The summed E-state index contributed by atoms with van der Waals surface area (Å²) in [5, 5.41) is 0. The molecule has 0 aliphatic heterocycles. The molecule has 0 heterocycles. The van der Waals surface area contributed by atoms with Gasteiger partial charge >= 0.3 is 0 Å². The van der Waals surface area contributed by atoms with Crippen LogP contribution in [-0.2, 0) is 0 Å². The zero-order valence-electron chi connectivity index (χ0n) is 17.4. The topological polar surface area (TPSA) is 0 Å². The van der Waals surface area contributed by atoms with E-state index in [0.29, 0.717) is 0 Å². The molecule has 3 unspecified atom stereocenters. The minimum absolute atomic E-state index is 0.722. The molecule has 0 rings (SSSR count). The Balaban J connectivity index is 5.55. The van der Waals surface area contributed by atoms with Crippen LogP contribution in [0.4, 0.5) is 0 Å². The van der Waals surface area contributed by atoms with Crippen molar-refractivity contribution in [3.8, 4) is 0 Å². The summed E-state index contributed by atoms with van der Waals surface area (Å²) in [7, 11) is 0. The van der Waals surface area contributed by atoms with Gasteiger partial charge in [0.15, 0.2) is 0 Å². The van der Waals surface area contributed by atoms with Crippen LogP contribution in [0.5, 0.6) is 0 Å². The largest absolute Gasteiger partial charge is 0.0874 e. The van der Waals surface area contributed by atoms with Crippen molar-refractivity contribution in [3.05, 3.63) is 23.3 Å². The Morgan fingerprint density at radius 3 is 2.04 bits per heavy atom. The molecular weight excluding hydrogens is 276 g/mol. The van der Waals surface area contributed by atoms with E-state index in [-0.39, 0.29) is 0 Å². The van der Waals surface area contributed by atoms with Crippen molar-refractivity contribution in [2.75, 3.05) is 0 Å². The van der Waals surface area contributed by atoms with E-state index in [2.05, 4.69) is 67.5 Å². The molecule has 0 spiro atoms. The van der Waals surface area contributed by atoms with Gasteiger partial charge in [-0.3, -0.25) is 0 Å². The van der Waals surface area contributed by atoms with E-state index in [0.717, 1.165) is 23.7 Å². The van der Waals surface area contributed by atoms with Gasteiger partial charge in [0.05, 0.1) is 0 Å². The zero-order chi connectivity index (χ0) is 17.8. The van der Waals surface area contributed by atoms with E-state index in [4.69, 9.17) is 0 Å². The van der Waals surface area contributed by atoms with Crippen LogP contribution in [0.3, 0.4) is 0 Å². The molecule has 0 heteroatoms. The summed E-state index contributed by atoms with van der Waals surface area (Å²) in [4.78, 5) is 0. The number of hydrogen-bond donors (Lipinski definition) is 0. The Bertz CT molecular complexity index is 345. The van der Waals surface area contributed by atoms with Crippen molar-refractivity contribution in [1.82, 2.24) is 0 Å². The van der Waals surface area contributed by atoms with Crippen LogP contribution in [-0.4, -0.2) is 0 Å². The molecule has 0 aromatic rings. The highest BCUT2D eigenvalue weighted by Crippen LogP contribution is 2.38. The quantitative estimate of drug-likeness (QED) is 0.318. The second-order valence-electron chi connectivity index (χ2n) is 7.88. The minimum Gasteiger partial charge on any atom is -0.0874 e. The van der Waals surface area contributed by atoms with Gasteiger partial charge in [0.1, 0.15) is 0 Å². The van der Waals surface area contributed by atoms with Crippen LogP contribution in [0.25, 0.3) is 0 Å². The Morgan fingerprint density at radius 1 is 0.957 bits per heavy atom. The van der Waals surface area contributed by atoms with Crippen LogP contribution in [0.1, 0.15) is 100 Å². The van der Waals surface area contributed by atoms with Crippen molar-refractivity contribution < 1.29 is 0 Å². The highest BCUT2D eigenvalue weighted by atomic mass is 14.3. The predicted octanol–water partition coefficient (Wildman–Crippen LogP) is 8.19. The molecule has 0 bridgehead atoms. The lowest BCUT2D eigenvalue weighted by atomic mass is 9.71. The molecule has 0 aliphatic carbocycles. The van der Waals surface area contributed by atoms with Gasteiger partial charge < -0.3 is 0 Å². The van der Waals surface area contributed by atoms with E-state index in [9.17, 15) is 0 Å². The Hall–Kier alpha value is -0.520. The smallest absolute Gasteiger partial charge is 0.0132 e. The monoisotopic (exact) mass is 320 g/mol. The molecule has 0 aromatic carbocycles. The first-order valence-corrected chi connectivity index (χ1v) is 10.2. The molecule has 23 heavy (non-hydrogen) atoms. The summed E-state index contributed by atoms with van der Waals surface area (Å²) in [5.74, 6) is 3.16. The maximum atomic E-state index is 2.54. The maximum Gasteiger partial charge on any atom is -0.0132 e. The first kappa shape index (κ1) is 22.5. The van der Waals surface area contributed by atoms with E-state index in [1.54, 1.807) is 11.1 Å². The first-order valence-electron chi connectivity index (χ1n) is 10.2. The molecule has 0 fully saturated rings. The lowest BCUT2D eigenvalue weighted by Crippen LogP contribution is -2.24. The normalized spacial score (nSPS) is 17.4. The van der Waals surface area contributed by atoms with Crippen LogP contribution in [0, 0.1) is 23.7 Å². The van der Waals surface area contributed by atoms with Crippen LogP contribution >= 0.6 is 0 Å². The van der Waals surface area contributed by atoms with Gasteiger partial charge in [0.2, 0.25) is 0 Å². The van der Waals surface area contributed by atoms with Gasteiger partial charge in [0.25, 0.3) is 0 Å². The van der Waals surface area contributed by atoms with Crippen molar-refractivity contribution in [1.29, 1.82) is 0 Å². The zero-order valence-corrected chi connectivity index (χ0v) is 17.4. The van der Waals surface area contributed by atoms with Gasteiger partial charge in [-0.15, -0.1) is 0 Å². The Kier molecular flexibility index (Phi) is 12.6. The summed E-state index contributed by atoms with van der Waals surface area (Å²) >= 11 is 0. The average Bonchev–Trinajstić information content (AvgIpc) is 2.53. The lowest BCUT2D eigenvalue weighted by Gasteiger charge is -2.34. The standard InChI is InChI=1S/C23H44/c1-9-13-16-21(14-10-2)20(8)23(17-18(5)6)22(15-11-3)19(7)12-4/h11,15,18,20-21,23H,9-10,12-14,16-17H2,1-8H3/b15-11-,22-19+. The molecule has 3 atom stereocenters. The average molecular weight is 321 g/mol. The van der Waals surface area contributed by atoms with Gasteiger partial charge in [-0.05, 0) is 55.9 Å². The van der Waals surface area contributed by atoms with Crippen molar-refractivity contribution >= 4 is 0 Å². The lowest BCUT2D eigenvalue weighted by molar-refractivity contribution is 0.219. The van der Waals surface area contributed by atoms with Crippen molar-refractivity contribution in [2.24, 2.45) is 23.7 Å². The van der Waals surface area contributed by atoms with Gasteiger partial charge in [-0.1, -0.05) is 91.4 Å². The molecule has 0 amide bonds. The molecule has 0 nitrogen and oxygen atoms in total. The molecule has 0 saturated carbocycles. The Morgan fingerprint density at radius 2 is 1.61 bits per heavy atom. The van der Waals surface area contributed by atoms with E-state index in [1.165, 1.54) is 44.9 Å². The molecule has 136 valence electrons. The highest BCUT2D eigenvalue weighted by molar-refractivity contribution is 5.28. The minimum atomic E-state index is 0.722. The van der Waals surface area contributed by atoms with Crippen LogP contribution in [0.15, 0.2) is 23.3 Å². The SMILES string of the molecule is C/C=C\C(=C(\C)CC)C(CC(C)C)C(C)C(CCC)CCCC. The summed E-state index contributed by atoms with van der Waals surface area (Å²) < 4.78 is 0. The molecule has 0 saturated heterocycles.